The lowest BCUT2D eigenvalue weighted by Gasteiger charge is -1.94. The Morgan fingerprint density at radius 3 is 2.79 bits per heavy atom. The lowest BCUT2D eigenvalue weighted by Crippen LogP contribution is -1.97. The van der Waals surface area contributed by atoms with Crippen LogP contribution < -0.4 is 5.73 Å². The van der Waals surface area contributed by atoms with E-state index in [9.17, 15) is 0 Å². The number of anilines is 1. The lowest BCUT2D eigenvalue weighted by atomic mass is 10.2. The zero-order valence-corrected chi connectivity index (χ0v) is 8.82. The van der Waals surface area contributed by atoms with Gasteiger partial charge in [0.2, 0.25) is 5.13 Å². The van der Waals surface area contributed by atoms with Gasteiger partial charge in [-0.25, -0.2) is 9.67 Å². The van der Waals surface area contributed by atoms with Crippen LogP contribution in [0, 0.1) is 0 Å². The van der Waals surface area contributed by atoms with Crippen molar-refractivity contribution in [3.63, 3.8) is 0 Å². The summed E-state index contributed by atoms with van der Waals surface area (Å²) in [7, 11) is 0. The van der Waals surface area contributed by atoms with Crippen molar-refractivity contribution in [3.05, 3.63) is 18.1 Å². The molecule has 0 atom stereocenters. The Balaban J connectivity index is 2.33. The quantitative estimate of drug-likeness (QED) is 0.812. The van der Waals surface area contributed by atoms with Gasteiger partial charge in [-0.3, -0.25) is 0 Å². The molecule has 0 aliphatic heterocycles. The predicted octanol–water partition coefficient (Wildman–Crippen LogP) is 1.43. The number of hydrogen-bond acceptors (Lipinski definition) is 5. The van der Waals surface area contributed by atoms with Crippen LogP contribution >= 0.6 is 11.5 Å². The fourth-order valence-electron chi connectivity index (χ4n) is 0.999. The summed E-state index contributed by atoms with van der Waals surface area (Å²) in [4.78, 5) is 4.35. The average molecular weight is 209 g/mol. The van der Waals surface area contributed by atoms with Crippen LogP contribution in [0.2, 0.25) is 0 Å². The molecule has 2 aromatic heterocycles. The van der Waals surface area contributed by atoms with Crippen molar-refractivity contribution in [2.24, 2.45) is 0 Å². The van der Waals surface area contributed by atoms with Crippen LogP contribution in [0.4, 0.5) is 5.82 Å². The average Bonchev–Trinajstić information content (AvgIpc) is 2.70. The second-order valence-electron chi connectivity index (χ2n) is 3.28. The van der Waals surface area contributed by atoms with E-state index in [1.165, 1.54) is 11.5 Å². The minimum absolute atomic E-state index is 0.341. The standard InChI is InChI=1S/C8H11N5S/c1-5(2)7-10-8(14-12-7)13-4-3-6(9)11-13/h3-5H,1-2H3,(H2,9,11). The molecular weight excluding hydrogens is 198 g/mol. The highest BCUT2D eigenvalue weighted by Gasteiger charge is 2.09. The highest BCUT2D eigenvalue weighted by atomic mass is 32.1. The summed E-state index contributed by atoms with van der Waals surface area (Å²) in [5, 5.41) is 4.81. The van der Waals surface area contributed by atoms with Crippen molar-refractivity contribution < 1.29 is 0 Å². The van der Waals surface area contributed by atoms with Crippen molar-refractivity contribution in [1.82, 2.24) is 19.1 Å². The molecule has 0 saturated heterocycles. The summed E-state index contributed by atoms with van der Waals surface area (Å²) < 4.78 is 5.87. The summed E-state index contributed by atoms with van der Waals surface area (Å²) in [5.74, 6) is 1.68. The first-order valence-electron chi connectivity index (χ1n) is 4.32. The van der Waals surface area contributed by atoms with Crippen LogP contribution in [-0.4, -0.2) is 19.1 Å². The smallest absolute Gasteiger partial charge is 0.230 e. The molecule has 2 heterocycles. The number of hydrogen-bond donors (Lipinski definition) is 1. The molecule has 0 fully saturated rings. The van der Waals surface area contributed by atoms with E-state index in [4.69, 9.17) is 5.73 Å². The molecule has 0 unspecified atom stereocenters. The molecule has 0 amide bonds. The third kappa shape index (κ3) is 1.60. The van der Waals surface area contributed by atoms with E-state index >= 15 is 0 Å². The van der Waals surface area contributed by atoms with Crippen LogP contribution in [0.25, 0.3) is 5.13 Å². The highest BCUT2D eigenvalue weighted by Crippen LogP contribution is 2.16. The molecule has 0 spiro atoms. The van der Waals surface area contributed by atoms with Crippen molar-refractivity contribution >= 4 is 17.4 Å². The van der Waals surface area contributed by atoms with Crippen LogP contribution in [-0.2, 0) is 0 Å². The minimum atomic E-state index is 0.341. The van der Waals surface area contributed by atoms with Crippen molar-refractivity contribution in [3.8, 4) is 5.13 Å². The van der Waals surface area contributed by atoms with Crippen molar-refractivity contribution in [1.29, 1.82) is 0 Å². The molecule has 74 valence electrons. The Bertz CT molecular complexity index is 430. The third-order valence-corrected chi connectivity index (χ3v) is 2.47. The SMILES string of the molecule is CC(C)c1nsc(-n2ccc(N)n2)n1. The summed E-state index contributed by atoms with van der Waals surface area (Å²) in [6, 6.07) is 1.73. The van der Waals surface area contributed by atoms with Gasteiger partial charge < -0.3 is 5.73 Å². The monoisotopic (exact) mass is 209 g/mol. The predicted molar refractivity (Wildman–Crippen MR) is 55.5 cm³/mol. The molecule has 14 heavy (non-hydrogen) atoms. The summed E-state index contributed by atoms with van der Waals surface area (Å²) in [5.41, 5.74) is 5.51. The van der Waals surface area contributed by atoms with E-state index in [1.807, 2.05) is 0 Å². The highest BCUT2D eigenvalue weighted by molar-refractivity contribution is 7.08. The van der Waals surface area contributed by atoms with E-state index in [0.29, 0.717) is 11.7 Å². The summed E-state index contributed by atoms with van der Waals surface area (Å²) >= 11 is 1.33. The van der Waals surface area contributed by atoms with Crippen LogP contribution in [0.1, 0.15) is 25.6 Å². The van der Waals surface area contributed by atoms with Gasteiger partial charge >= 0.3 is 0 Å². The van der Waals surface area contributed by atoms with Crippen molar-refractivity contribution in [2.75, 3.05) is 5.73 Å². The Labute approximate surface area is 85.8 Å². The number of nitrogens with two attached hydrogens (primary N) is 1. The minimum Gasteiger partial charge on any atom is -0.382 e. The van der Waals surface area contributed by atoms with Gasteiger partial charge in [-0.05, 0) is 0 Å². The topological polar surface area (TPSA) is 69.6 Å². The van der Waals surface area contributed by atoms with Gasteiger partial charge in [0.15, 0.2) is 0 Å². The molecule has 0 saturated carbocycles. The van der Waals surface area contributed by atoms with Crippen molar-refractivity contribution in [2.45, 2.75) is 19.8 Å². The van der Waals surface area contributed by atoms with Gasteiger partial charge in [0.1, 0.15) is 11.6 Å². The second-order valence-corrected chi connectivity index (χ2v) is 4.01. The Morgan fingerprint density at radius 1 is 1.50 bits per heavy atom. The Hall–Kier alpha value is -1.43. The molecule has 0 aliphatic rings. The zero-order chi connectivity index (χ0) is 10.1. The number of rotatable bonds is 2. The molecule has 2 aromatic rings. The van der Waals surface area contributed by atoms with E-state index in [2.05, 4.69) is 28.3 Å². The van der Waals surface area contributed by atoms with Gasteiger partial charge in [-0.2, -0.15) is 4.37 Å². The molecule has 0 bridgehead atoms. The maximum atomic E-state index is 5.51. The summed E-state index contributed by atoms with van der Waals surface area (Å²) in [6.45, 7) is 4.12. The zero-order valence-electron chi connectivity index (χ0n) is 8.01. The number of nitrogen functional groups attached to an aromatic ring is 1. The number of nitrogens with zero attached hydrogens (tertiary/aromatic N) is 4. The maximum Gasteiger partial charge on any atom is 0.230 e. The van der Waals surface area contributed by atoms with Crippen LogP contribution in [0.3, 0.4) is 0 Å². The van der Waals surface area contributed by atoms with E-state index < -0.39 is 0 Å². The lowest BCUT2D eigenvalue weighted by molar-refractivity contribution is 0.782. The van der Waals surface area contributed by atoms with Gasteiger partial charge in [-0.1, -0.05) is 13.8 Å². The molecular formula is C8H11N5S. The third-order valence-electron chi connectivity index (χ3n) is 1.75. The molecule has 6 heteroatoms. The maximum absolute atomic E-state index is 5.51. The van der Waals surface area contributed by atoms with Crippen LogP contribution in [0.15, 0.2) is 12.3 Å². The summed E-state index contributed by atoms with van der Waals surface area (Å²) in [6.07, 6.45) is 1.78. The van der Waals surface area contributed by atoms with E-state index in [0.717, 1.165) is 11.0 Å². The molecule has 0 aliphatic carbocycles. The fourth-order valence-corrected chi connectivity index (χ4v) is 1.75. The number of aromatic nitrogens is 4. The first-order valence-corrected chi connectivity index (χ1v) is 5.09. The van der Waals surface area contributed by atoms with E-state index in [-0.39, 0.29) is 0 Å². The molecule has 2 rings (SSSR count). The Kier molecular flexibility index (Phi) is 2.20. The first kappa shape index (κ1) is 9.14. The van der Waals surface area contributed by atoms with Gasteiger partial charge in [-0.15, -0.1) is 5.10 Å². The van der Waals surface area contributed by atoms with Gasteiger partial charge in [0.25, 0.3) is 0 Å². The van der Waals surface area contributed by atoms with Crippen LogP contribution in [0.5, 0.6) is 0 Å². The first-order chi connectivity index (χ1) is 6.66. The normalized spacial score (nSPS) is 11.1. The molecule has 0 aromatic carbocycles. The largest absolute Gasteiger partial charge is 0.382 e. The molecule has 0 radical (unpaired) electrons. The van der Waals surface area contributed by atoms with Gasteiger partial charge in [0.05, 0.1) is 0 Å². The fraction of sp³-hybridized carbons (Fsp3) is 0.375. The van der Waals surface area contributed by atoms with Gasteiger partial charge in [0, 0.05) is 29.7 Å². The second kappa shape index (κ2) is 3.38. The Morgan fingerprint density at radius 2 is 2.29 bits per heavy atom. The molecule has 5 nitrogen and oxygen atoms in total. The van der Waals surface area contributed by atoms with E-state index in [1.54, 1.807) is 16.9 Å². The molecule has 2 N–H and O–H groups in total.